The van der Waals surface area contributed by atoms with Crippen molar-refractivity contribution in [3.63, 3.8) is 0 Å². The molecule has 0 saturated carbocycles. The van der Waals surface area contributed by atoms with E-state index in [1.54, 1.807) is 0 Å². The van der Waals surface area contributed by atoms with Gasteiger partial charge in [-0.15, -0.1) is 0 Å². The van der Waals surface area contributed by atoms with Crippen molar-refractivity contribution < 1.29 is 69.0 Å². The van der Waals surface area contributed by atoms with Crippen molar-refractivity contribution in [1.82, 2.24) is 0 Å². The fraction of sp³-hybridized carbons (Fsp3) is 0.694. The number of esters is 1. The summed E-state index contributed by atoms with van der Waals surface area (Å²) in [5.74, 6) is -0.404. The van der Waals surface area contributed by atoms with Crippen molar-refractivity contribution in [1.29, 1.82) is 0 Å². The number of allylic oxidation sites excluding steroid dienone is 18. The van der Waals surface area contributed by atoms with E-state index in [1.807, 2.05) is 0 Å². The van der Waals surface area contributed by atoms with Gasteiger partial charge < -0.3 is 64.2 Å². The maximum Gasteiger partial charge on any atom is 0.306 e. The van der Waals surface area contributed by atoms with Crippen LogP contribution in [0.1, 0.15) is 174 Å². The summed E-state index contributed by atoms with van der Waals surface area (Å²) in [5, 5.41) is 72.3. The Hall–Kier alpha value is -3.35. The zero-order chi connectivity index (χ0) is 55.1. The van der Waals surface area contributed by atoms with Crippen LogP contribution in [0, 0.1) is 0 Å². The first-order valence-electron chi connectivity index (χ1n) is 29.0. The predicted molar refractivity (Wildman–Crippen MR) is 302 cm³/mol. The molecular weight excluding hydrogens is 969 g/mol. The minimum Gasteiger partial charge on any atom is -0.457 e. The van der Waals surface area contributed by atoms with E-state index in [4.69, 9.17) is 28.4 Å². The summed E-state index contributed by atoms with van der Waals surface area (Å²) in [7, 11) is 0. The number of hydrogen-bond acceptors (Lipinski definition) is 14. The Morgan fingerprint density at radius 3 is 1.34 bits per heavy atom. The maximum atomic E-state index is 13.1. The van der Waals surface area contributed by atoms with E-state index in [9.17, 15) is 40.5 Å². The van der Waals surface area contributed by atoms with Crippen LogP contribution >= 0.6 is 0 Å². The normalized spacial score (nSPS) is 25.3. The third-order valence-corrected chi connectivity index (χ3v) is 13.0. The van der Waals surface area contributed by atoms with Gasteiger partial charge in [0.25, 0.3) is 0 Å². The van der Waals surface area contributed by atoms with E-state index >= 15 is 0 Å². The van der Waals surface area contributed by atoms with Crippen molar-refractivity contribution in [2.45, 2.75) is 242 Å². The monoisotopic (exact) mass is 1070 g/mol. The highest BCUT2D eigenvalue weighted by Crippen LogP contribution is 2.26. The lowest BCUT2D eigenvalue weighted by molar-refractivity contribution is -0.332. The van der Waals surface area contributed by atoms with Crippen LogP contribution in [0.2, 0.25) is 0 Å². The van der Waals surface area contributed by atoms with E-state index in [0.29, 0.717) is 13.0 Å². The molecule has 11 atom stereocenters. The fourth-order valence-corrected chi connectivity index (χ4v) is 8.35. The van der Waals surface area contributed by atoms with E-state index in [0.717, 1.165) is 122 Å². The summed E-state index contributed by atoms with van der Waals surface area (Å²) in [6.07, 6.45) is 48.6. The molecule has 2 fully saturated rings. The van der Waals surface area contributed by atoms with Crippen LogP contribution in [-0.2, 0) is 33.2 Å². The zero-order valence-corrected chi connectivity index (χ0v) is 46.4. The molecule has 0 aliphatic carbocycles. The molecule has 0 radical (unpaired) electrons. The molecule has 434 valence electrons. The number of aliphatic hydroxyl groups excluding tert-OH is 7. The van der Waals surface area contributed by atoms with Gasteiger partial charge in [-0.05, 0) is 103 Å². The Morgan fingerprint density at radius 2 is 0.855 bits per heavy atom. The second-order valence-corrected chi connectivity index (χ2v) is 19.7. The van der Waals surface area contributed by atoms with E-state index in [1.165, 1.54) is 25.7 Å². The summed E-state index contributed by atoms with van der Waals surface area (Å²) >= 11 is 0. The third kappa shape index (κ3) is 33.8. The molecule has 14 heteroatoms. The van der Waals surface area contributed by atoms with Crippen molar-refractivity contribution in [2.75, 3.05) is 33.0 Å². The van der Waals surface area contributed by atoms with Crippen LogP contribution in [0.3, 0.4) is 0 Å². The minimum atomic E-state index is -1.72. The SMILES string of the molecule is CC/C=C\C/C=C\C/C=C\C/C=C\C/C=C\C/C=C\C/C=C\CCCCCCOCC(COC1OC(COC2OC(CO)C(O)C(O)C2O)C(O)C(O)C1O)OC(=O)CCCCCCC/C=C\C/C=C\CCCCCC. The number of carbonyl (C=O) groups is 1. The highest BCUT2D eigenvalue weighted by molar-refractivity contribution is 5.69. The lowest BCUT2D eigenvalue weighted by Crippen LogP contribution is -2.61. The van der Waals surface area contributed by atoms with Gasteiger partial charge in [-0.1, -0.05) is 175 Å². The average Bonchev–Trinajstić information content (AvgIpc) is 3.42. The number of rotatable bonds is 45. The number of ether oxygens (including phenoxy) is 6. The van der Waals surface area contributed by atoms with Crippen LogP contribution in [0.4, 0.5) is 0 Å². The average molecular weight is 1070 g/mol. The van der Waals surface area contributed by atoms with Gasteiger partial charge in [0.2, 0.25) is 0 Å². The molecule has 0 aromatic rings. The molecule has 0 aromatic carbocycles. The number of carbonyl (C=O) groups excluding carboxylic acids is 1. The summed E-state index contributed by atoms with van der Waals surface area (Å²) in [4.78, 5) is 13.1. The predicted octanol–water partition coefficient (Wildman–Crippen LogP) is 10.4. The minimum absolute atomic E-state index is 0.0307. The highest BCUT2D eigenvalue weighted by Gasteiger charge is 2.47. The molecule has 14 nitrogen and oxygen atoms in total. The van der Waals surface area contributed by atoms with Crippen LogP contribution < -0.4 is 0 Å². The van der Waals surface area contributed by atoms with Crippen LogP contribution in [0.15, 0.2) is 109 Å². The zero-order valence-electron chi connectivity index (χ0n) is 46.4. The molecule has 0 aromatic heterocycles. The van der Waals surface area contributed by atoms with Gasteiger partial charge in [0.05, 0.1) is 26.4 Å². The molecule has 2 aliphatic heterocycles. The molecular formula is C62H102O14. The topological polar surface area (TPSA) is 214 Å². The fourth-order valence-electron chi connectivity index (χ4n) is 8.35. The molecule has 0 spiro atoms. The second-order valence-electron chi connectivity index (χ2n) is 19.7. The van der Waals surface area contributed by atoms with Crippen molar-refractivity contribution in [2.24, 2.45) is 0 Å². The Kier molecular flexibility index (Phi) is 43.1. The Labute approximate surface area is 457 Å². The Bertz CT molecular complexity index is 1670. The van der Waals surface area contributed by atoms with Gasteiger partial charge in [-0.2, -0.15) is 0 Å². The van der Waals surface area contributed by atoms with Gasteiger partial charge in [-0.25, -0.2) is 0 Å². The first-order chi connectivity index (χ1) is 37.1. The van der Waals surface area contributed by atoms with Gasteiger partial charge in [0, 0.05) is 13.0 Å². The van der Waals surface area contributed by atoms with E-state index in [-0.39, 0.29) is 19.6 Å². The van der Waals surface area contributed by atoms with Crippen molar-refractivity contribution >= 4 is 5.97 Å². The van der Waals surface area contributed by atoms with E-state index < -0.39 is 86.7 Å². The molecule has 7 N–H and O–H groups in total. The van der Waals surface area contributed by atoms with Crippen LogP contribution in [0.25, 0.3) is 0 Å². The number of hydrogen-bond donors (Lipinski definition) is 7. The molecule has 11 unspecified atom stereocenters. The van der Waals surface area contributed by atoms with E-state index in [2.05, 4.69) is 123 Å². The maximum absolute atomic E-state index is 13.1. The van der Waals surface area contributed by atoms with Crippen LogP contribution in [-0.4, -0.2) is 142 Å². The molecule has 2 aliphatic rings. The van der Waals surface area contributed by atoms with Crippen molar-refractivity contribution in [3.8, 4) is 0 Å². The standard InChI is InChI=1S/C62H102O14/c1-3-5-7-9-11-13-15-17-19-21-22-23-24-25-26-27-28-29-30-32-34-36-38-40-42-44-46-71-48-51(74-54(64)45-43-41-39-37-35-33-31-20-18-16-14-12-10-8-6-4-2)49-72-61-60(70)58(68)56(66)53(76-61)50-73-62-59(69)57(67)55(65)52(47-63)75-62/h5,7,11,13-14,16-17,19-20,22-23,25-26,28-29,31-32,34,51-53,55-63,65-70H,3-4,6,8-10,12,15,18,21,24,27,30,33,35-50H2,1-2H3/b7-5-,13-11-,16-14-,19-17-,23-22-,26-25-,29-28-,31-20-,34-32-. The molecule has 2 heterocycles. The molecule has 76 heavy (non-hydrogen) atoms. The Morgan fingerprint density at radius 1 is 0.447 bits per heavy atom. The lowest BCUT2D eigenvalue weighted by Gasteiger charge is -2.42. The quantitative estimate of drug-likeness (QED) is 0.0172. The Balaban J connectivity index is 1.74. The first kappa shape index (κ1) is 68.8. The molecule has 2 saturated heterocycles. The van der Waals surface area contributed by atoms with Gasteiger partial charge in [0.15, 0.2) is 12.6 Å². The lowest BCUT2D eigenvalue weighted by atomic mass is 9.98. The summed E-state index contributed by atoms with van der Waals surface area (Å²) in [6.45, 7) is 3.45. The van der Waals surface area contributed by atoms with Crippen LogP contribution in [0.5, 0.6) is 0 Å². The largest absolute Gasteiger partial charge is 0.457 e. The first-order valence-corrected chi connectivity index (χ1v) is 29.0. The third-order valence-electron chi connectivity index (χ3n) is 13.0. The van der Waals surface area contributed by atoms with Gasteiger partial charge >= 0.3 is 5.97 Å². The summed E-state index contributed by atoms with van der Waals surface area (Å²) in [5.41, 5.74) is 0. The second kappa shape index (κ2) is 47.6. The van der Waals surface area contributed by atoms with Gasteiger partial charge in [-0.3, -0.25) is 4.79 Å². The highest BCUT2D eigenvalue weighted by atomic mass is 16.7. The smallest absolute Gasteiger partial charge is 0.306 e. The molecule has 0 bridgehead atoms. The van der Waals surface area contributed by atoms with Gasteiger partial charge in [0.1, 0.15) is 54.9 Å². The summed E-state index contributed by atoms with van der Waals surface area (Å²) in [6, 6.07) is 0. The summed E-state index contributed by atoms with van der Waals surface area (Å²) < 4.78 is 34.3. The van der Waals surface area contributed by atoms with Crippen molar-refractivity contribution in [3.05, 3.63) is 109 Å². The number of aliphatic hydroxyl groups is 7. The molecule has 2 rings (SSSR count). The molecule has 0 amide bonds. The number of unbranched alkanes of at least 4 members (excludes halogenated alkanes) is 13.